The Labute approximate surface area is 68.6 Å². The third-order valence-corrected chi connectivity index (χ3v) is 1.93. The van der Waals surface area contributed by atoms with E-state index in [4.69, 9.17) is 0 Å². The van der Waals surface area contributed by atoms with E-state index in [1.807, 2.05) is 12.2 Å². The van der Waals surface area contributed by atoms with Gasteiger partial charge in [0.25, 0.3) is 0 Å². The molecule has 0 heterocycles. The van der Waals surface area contributed by atoms with E-state index in [0.29, 0.717) is 0 Å². The first-order valence-electron chi connectivity index (χ1n) is 3.97. The van der Waals surface area contributed by atoms with Gasteiger partial charge in [-0.3, -0.25) is 0 Å². The SMILES string of the molecule is C=CC=CCC1=C(C)C=CC1. The molecule has 0 bridgehead atoms. The smallest absolute Gasteiger partial charge is 0.0127 e. The van der Waals surface area contributed by atoms with E-state index in [1.54, 1.807) is 0 Å². The molecule has 0 saturated heterocycles. The lowest BCUT2D eigenvalue weighted by Crippen LogP contribution is -1.77. The highest BCUT2D eigenvalue weighted by Gasteiger charge is 2.01. The fraction of sp³-hybridized carbons (Fsp3) is 0.273. The van der Waals surface area contributed by atoms with Crippen LogP contribution >= 0.6 is 0 Å². The van der Waals surface area contributed by atoms with Crippen molar-refractivity contribution in [2.24, 2.45) is 0 Å². The largest absolute Gasteiger partial charge is 0.0991 e. The summed E-state index contributed by atoms with van der Waals surface area (Å²) in [5, 5.41) is 0. The average Bonchev–Trinajstić information content (AvgIpc) is 2.37. The van der Waals surface area contributed by atoms with Gasteiger partial charge in [0, 0.05) is 0 Å². The summed E-state index contributed by atoms with van der Waals surface area (Å²) >= 11 is 0. The molecule has 1 rings (SSSR count). The van der Waals surface area contributed by atoms with Crippen LogP contribution in [0.4, 0.5) is 0 Å². The molecule has 0 aromatic carbocycles. The highest BCUT2D eigenvalue weighted by Crippen LogP contribution is 2.21. The van der Waals surface area contributed by atoms with Crippen molar-refractivity contribution < 1.29 is 0 Å². The average molecular weight is 146 g/mol. The maximum atomic E-state index is 3.63. The van der Waals surface area contributed by atoms with Gasteiger partial charge in [-0.05, 0) is 19.8 Å². The molecule has 0 aromatic rings. The minimum Gasteiger partial charge on any atom is -0.0991 e. The summed E-state index contributed by atoms with van der Waals surface area (Å²) in [5.41, 5.74) is 2.96. The van der Waals surface area contributed by atoms with Crippen LogP contribution in [-0.4, -0.2) is 0 Å². The van der Waals surface area contributed by atoms with E-state index >= 15 is 0 Å². The predicted molar refractivity (Wildman–Crippen MR) is 50.4 cm³/mol. The van der Waals surface area contributed by atoms with Crippen molar-refractivity contribution in [2.45, 2.75) is 19.8 Å². The number of hydrogen-bond donors (Lipinski definition) is 0. The van der Waals surface area contributed by atoms with E-state index in [2.05, 4.69) is 31.7 Å². The number of hydrogen-bond acceptors (Lipinski definition) is 0. The van der Waals surface area contributed by atoms with Crippen LogP contribution in [0.25, 0.3) is 0 Å². The first-order valence-corrected chi connectivity index (χ1v) is 3.97. The molecule has 0 radical (unpaired) electrons. The molecule has 0 N–H and O–H groups in total. The highest BCUT2D eigenvalue weighted by atomic mass is 14.1. The van der Waals surface area contributed by atoms with Crippen LogP contribution in [-0.2, 0) is 0 Å². The van der Waals surface area contributed by atoms with Gasteiger partial charge in [0.1, 0.15) is 0 Å². The molecular weight excluding hydrogens is 132 g/mol. The summed E-state index contributed by atoms with van der Waals surface area (Å²) in [5.74, 6) is 0. The van der Waals surface area contributed by atoms with Crippen LogP contribution in [0.3, 0.4) is 0 Å². The minimum atomic E-state index is 1.07. The molecule has 0 heteroatoms. The van der Waals surface area contributed by atoms with Gasteiger partial charge in [-0.25, -0.2) is 0 Å². The van der Waals surface area contributed by atoms with Crippen molar-refractivity contribution in [1.29, 1.82) is 0 Å². The van der Waals surface area contributed by atoms with Crippen LogP contribution in [0.2, 0.25) is 0 Å². The van der Waals surface area contributed by atoms with Gasteiger partial charge in [0.05, 0.1) is 0 Å². The van der Waals surface area contributed by atoms with E-state index in [9.17, 15) is 0 Å². The Hall–Kier alpha value is -1.04. The van der Waals surface area contributed by atoms with Gasteiger partial charge >= 0.3 is 0 Å². The zero-order valence-corrected chi connectivity index (χ0v) is 7.01. The zero-order valence-electron chi connectivity index (χ0n) is 7.01. The highest BCUT2D eigenvalue weighted by molar-refractivity contribution is 5.33. The normalized spacial score (nSPS) is 16.8. The second kappa shape index (κ2) is 3.97. The standard InChI is InChI=1S/C11H14/c1-3-4-5-8-11-9-6-7-10(11)2/h3-7H,1,8-9H2,2H3. The summed E-state index contributed by atoms with van der Waals surface area (Å²) in [7, 11) is 0. The van der Waals surface area contributed by atoms with Crippen molar-refractivity contribution in [3.63, 3.8) is 0 Å². The minimum absolute atomic E-state index is 1.07. The Morgan fingerprint density at radius 1 is 1.64 bits per heavy atom. The molecule has 1 aliphatic carbocycles. The number of allylic oxidation sites excluding steroid dienone is 7. The van der Waals surface area contributed by atoms with Gasteiger partial charge in [0.2, 0.25) is 0 Å². The molecule has 58 valence electrons. The third kappa shape index (κ3) is 2.23. The summed E-state index contributed by atoms with van der Waals surface area (Å²) < 4.78 is 0. The van der Waals surface area contributed by atoms with Gasteiger partial charge in [-0.1, -0.05) is 48.1 Å². The van der Waals surface area contributed by atoms with Gasteiger partial charge in [-0.15, -0.1) is 0 Å². The van der Waals surface area contributed by atoms with Crippen LogP contribution in [0.1, 0.15) is 19.8 Å². The summed E-state index contributed by atoms with van der Waals surface area (Å²) in [6.07, 6.45) is 12.6. The van der Waals surface area contributed by atoms with Gasteiger partial charge in [0.15, 0.2) is 0 Å². The molecule has 0 atom stereocenters. The van der Waals surface area contributed by atoms with E-state index in [1.165, 1.54) is 11.1 Å². The lowest BCUT2D eigenvalue weighted by molar-refractivity contribution is 1.11. The molecule has 0 aromatic heterocycles. The van der Waals surface area contributed by atoms with Crippen molar-refractivity contribution in [3.8, 4) is 0 Å². The number of rotatable bonds is 3. The molecule has 0 aliphatic heterocycles. The van der Waals surface area contributed by atoms with Crippen LogP contribution in [0.5, 0.6) is 0 Å². The Morgan fingerprint density at radius 2 is 2.45 bits per heavy atom. The fourth-order valence-electron chi connectivity index (χ4n) is 1.21. The van der Waals surface area contributed by atoms with Crippen molar-refractivity contribution in [1.82, 2.24) is 0 Å². The summed E-state index contributed by atoms with van der Waals surface area (Å²) in [4.78, 5) is 0. The predicted octanol–water partition coefficient (Wildman–Crippen LogP) is 3.40. The van der Waals surface area contributed by atoms with E-state index in [0.717, 1.165) is 12.8 Å². The van der Waals surface area contributed by atoms with E-state index in [-0.39, 0.29) is 0 Å². The molecule has 0 amide bonds. The molecule has 0 saturated carbocycles. The van der Waals surface area contributed by atoms with Crippen LogP contribution in [0.15, 0.2) is 48.1 Å². The molecule has 0 spiro atoms. The zero-order chi connectivity index (χ0) is 8.10. The first-order chi connectivity index (χ1) is 5.34. The van der Waals surface area contributed by atoms with Crippen LogP contribution in [0, 0.1) is 0 Å². The van der Waals surface area contributed by atoms with Gasteiger partial charge in [-0.2, -0.15) is 0 Å². The Balaban J connectivity index is 2.45. The van der Waals surface area contributed by atoms with Crippen LogP contribution < -0.4 is 0 Å². The Morgan fingerprint density at radius 3 is 3.00 bits per heavy atom. The second-order valence-electron chi connectivity index (χ2n) is 2.76. The maximum Gasteiger partial charge on any atom is -0.0127 e. The molecule has 11 heavy (non-hydrogen) atoms. The third-order valence-electron chi connectivity index (χ3n) is 1.93. The van der Waals surface area contributed by atoms with Crippen molar-refractivity contribution >= 4 is 0 Å². The lowest BCUT2D eigenvalue weighted by atomic mass is 10.1. The lowest BCUT2D eigenvalue weighted by Gasteiger charge is -1.97. The van der Waals surface area contributed by atoms with Crippen molar-refractivity contribution in [2.75, 3.05) is 0 Å². The van der Waals surface area contributed by atoms with E-state index < -0.39 is 0 Å². The molecule has 0 nitrogen and oxygen atoms in total. The molecule has 1 aliphatic rings. The summed E-state index contributed by atoms with van der Waals surface area (Å²) in [6.45, 7) is 5.79. The monoisotopic (exact) mass is 146 g/mol. The second-order valence-corrected chi connectivity index (χ2v) is 2.76. The molecular formula is C11H14. The fourth-order valence-corrected chi connectivity index (χ4v) is 1.21. The Bertz CT molecular complexity index is 226. The molecule has 0 unspecified atom stereocenters. The quantitative estimate of drug-likeness (QED) is 0.535. The first kappa shape index (κ1) is 8.06. The van der Waals surface area contributed by atoms with Crippen molar-refractivity contribution in [3.05, 3.63) is 48.1 Å². The Kier molecular flexibility index (Phi) is 2.91. The molecule has 0 fully saturated rings. The summed E-state index contributed by atoms with van der Waals surface area (Å²) in [6, 6.07) is 0. The maximum absolute atomic E-state index is 3.63. The van der Waals surface area contributed by atoms with Gasteiger partial charge < -0.3 is 0 Å². The topological polar surface area (TPSA) is 0 Å².